The van der Waals surface area contributed by atoms with E-state index in [2.05, 4.69) is 168 Å². The highest BCUT2D eigenvalue weighted by Crippen LogP contribution is 2.37. The van der Waals surface area contributed by atoms with Crippen LogP contribution in [-0.2, 0) is 10.8 Å². The molecule has 5 aromatic rings. The van der Waals surface area contributed by atoms with Crippen LogP contribution in [0.2, 0.25) is 0 Å². The first kappa shape index (κ1) is 26.5. The van der Waals surface area contributed by atoms with Crippen LogP contribution in [0.5, 0.6) is 0 Å². The molecule has 0 atom stereocenters. The summed E-state index contributed by atoms with van der Waals surface area (Å²) in [6.45, 7) is 13.6. The summed E-state index contributed by atoms with van der Waals surface area (Å²) in [5, 5.41) is 3.70. The van der Waals surface area contributed by atoms with Crippen molar-refractivity contribution >= 4 is 11.4 Å². The second-order valence-electron chi connectivity index (χ2n) is 12.5. The van der Waals surface area contributed by atoms with Crippen molar-refractivity contribution < 1.29 is 0 Å². The molecule has 0 aromatic heterocycles. The van der Waals surface area contributed by atoms with Crippen LogP contribution in [0.1, 0.15) is 52.7 Å². The van der Waals surface area contributed by atoms with Crippen molar-refractivity contribution in [3.8, 4) is 33.4 Å². The molecule has 0 bridgehead atoms. The van der Waals surface area contributed by atoms with Gasteiger partial charge in [0.15, 0.2) is 0 Å². The van der Waals surface area contributed by atoms with Gasteiger partial charge < -0.3 is 5.32 Å². The number of anilines is 2. The van der Waals surface area contributed by atoms with Crippen LogP contribution in [0.4, 0.5) is 11.4 Å². The lowest BCUT2D eigenvalue weighted by molar-refractivity contribution is 0.590. The van der Waals surface area contributed by atoms with Gasteiger partial charge in [-0.15, -0.1) is 0 Å². The Labute approximate surface area is 234 Å². The molecule has 1 nitrogen and oxygen atoms in total. The molecule has 0 spiro atoms. The van der Waals surface area contributed by atoms with Crippen LogP contribution in [0, 0.1) is 0 Å². The van der Waals surface area contributed by atoms with Gasteiger partial charge in [0, 0.05) is 11.4 Å². The quantitative estimate of drug-likeness (QED) is 0.248. The molecule has 196 valence electrons. The zero-order chi connectivity index (χ0) is 27.6. The van der Waals surface area contributed by atoms with Crippen LogP contribution < -0.4 is 5.32 Å². The summed E-state index contributed by atoms with van der Waals surface area (Å²) in [5.74, 6) is 0. The molecule has 0 amide bonds. The van der Waals surface area contributed by atoms with Crippen molar-refractivity contribution in [2.24, 2.45) is 0 Å². The molecule has 1 N–H and O–H groups in total. The van der Waals surface area contributed by atoms with E-state index in [1.165, 1.54) is 44.5 Å². The molecule has 0 aliphatic heterocycles. The maximum Gasteiger partial charge on any atom is 0.0396 e. The minimum atomic E-state index is 0.0487. The van der Waals surface area contributed by atoms with E-state index < -0.39 is 0 Å². The number of benzene rings is 5. The number of hydrogen-bond acceptors (Lipinski definition) is 1. The number of hydrogen-bond donors (Lipinski definition) is 1. The van der Waals surface area contributed by atoms with Crippen molar-refractivity contribution in [1.29, 1.82) is 0 Å². The fourth-order valence-corrected chi connectivity index (χ4v) is 5.12. The molecule has 0 radical (unpaired) electrons. The third-order valence-electron chi connectivity index (χ3n) is 7.32. The summed E-state index contributed by atoms with van der Waals surface area (Å²) in [6.07, 6.45) is 0. The molecule has 0 fully saturated rings. The van der Waals surface area contributed by atoms with Crippen molar-refractivity contribution in [3.05, 3.63) is 132 Å². The van der Waals surface area contributed by atoms with E-state index in [0.717, 1.165) is 11.4 Å². The van der Waals surface area contributed by atoms with Crippen LogP contribution >= 0.6 is 0 Å². The maximum absolute atomic E-state index is 3.70. The van der Waals surface area contributed by atoms with E-state index in [-0.39, 0.29) is 10.8 Å². The lowest BCUT2D eigenvalue weighted by Crippen LogP contribution is -2.12. The van der Waals surface area contributed by atoms with Gasteiger partial charge in [-0.2, -0.15) is 0 Å². The maximum atomic E-state index is 3.70. The molecule has 5 rings (SSSR count). The van der Waals surface area contributed by atoms with Gasteiger partial charge in [0.05, 0.1) is 0 Å². The van der Waals surface area contributed by atoms with Gasteiger partial charge in [-0.05, 0) is 85.7 Å². The van der Waals surface area contributed by atoms with E-state index in [1.807, 2.05) is 0 Å². The molecular formula is C38H39N. The first-order valence-electron chi connectivity index (χ1n) is 13.9. The van der Waals surface area contributed by atoms with Gasteiger partial charge in [0.2, 0.25) is 0 Å². The van der Waals surface area contributed by atoms with E-state index >= 15 is 0 Å². The average molecular weight is 510 g/mol. The van der Waals surface area contributed by atoms with Crippen molar-refractivity contribution in [1.82, 2.24) is 0 Å². The third-order valence-corrected chi connectivity index (χ3v) is 7.32. The Morgan fingerprint density at radius 3 is 1.72 bits per heavy atom. The molecule has 0 aliphatic carbocycles. The molecule has 1 heteroatoms. The van der Waals surface area contributed by atoms with E-state index in [4.69, 9.17) is 0 Å². The largest absolute Gasteiger partial charge is 0.355 e. The number of rotatable bonds is 5. The minimum absolute atomic E-state index is 0.0487. The van der Waals surface area contributed by atoms with Crippen LogP contribution in [0.15, 0.2) is 121 Å². The molecule has 0 aliphatic rings. The van der Waals surface area contributed by atoms with E-state index in [9.17, 15) is 0 Å². The SMILES string of the molecule is CC(C)(C)c1cccc(-c2ccc(Nc3cc(-c4ccccc4)cc(-c4ccccc4C(C)(C)C)c3)cc2)c1. The Morgan fingerprint density at radius 2 is 1.03 bits per heavy atom. The summed E-state index contributed by atoms with van der Waals surface area (Å²) in [5.41, 5.74) is 12.4. The Hall–Kier alpha value is -4.10. The van der Waals surface area contributed by atoms with Gasteiger partial charge in [-0.25, -0.2) is 0 Å². The van der Waals surface area contributed by atoms with Gasteiger partial charge in [-0.1, -0.05) is 133 Å². The first-order valence-corrected chi connectivity index (χ1v) is 13.9. The second kappa shape index (κ2) is 10.6. The monoisotopic (exact) mass is 509 g/mol. The van der Waals surface area contributed by atoms with Gasteiger partial charge in [-0.3, -0.25) is 0 Å². The summed E-state index contributed by atoms with van der Waals surface area (Å²) >= 11 is 0. The standard InChI is InChI=1S/C38H39N/c1-37(2,3)32-16-12-15-29(24-32)28-19-21-33(22-20-28)39-34-25-30(27-13-8-7-9-14-27)23-31(26-34)35-17-10-11-18-36(35)38(4,5)6/h7-26,39H,1-6H3. The Balaban J connectivity index is 1.52. The molecule has 5 aromatic carbocycles. The van der Waals surface area contributed by atoms with E-state index in [0.29, 0.717) is 0 Å². The highest BCUT2D eigenvalue weighted by atomic mass is 14.9. The molecule has 0 unspecified atom stereocenters. The van der Waals surface area contributed by atoms with Crippen molar-refractivity contribution in [2.45, 2.75) is 52.4 Å². The molecule has 0 saturated heterocycles. The van der Waals surface area contributed by atoms with Gasteiger partial charge in [0.1, 0.15) is 0 Å². The van der Waals surface area contributed by atoms with Crippen molar-refractivity contribution in [3.63, 3.8) is 0 Å². The lowest BCUT2D eigenvalue weighted by atomic mass is 9.81. The number of nitrogens with one attached hydrogen (secondary N) is 1. The minimum Gasteiger partial charge on any atom is -0.355 e. The Morgan fingerprint density at radius 1 is 0.410 bits per heavy atom. The molecule has 0 saturated carbocycles. The Bertz CT molecular complexity index is 1560. The fourth-order valence-electron chi connectivity index (χ4n) is 5.12. The van der Waals surface area contributed by atoms with E-state index in [1.54, 1.807) is 0 Å². The topological polar surface area (TPSA) is 12.0 Å². The summed E-state index contributed by atoms with van der Waals surface area (Å²) < 4.78 is 0. The summed E-state index contributed by atoms with van der Waals surface area (Å²) in [7, 11) is 0. The lowest BCUT2D eigenvalue weighted by Gasteiger charge is -2.24. The normalized spacial score (nSPS) is 11.8. The molecule has 0 heterocycles. The molecule has 39 heavy (non-hydrogen) atoms. The summed E-state index contributed by atoms with van der Waals surface area (Å²) in [6, 6.07) is 43.9. The predicted octanol–water partition coefficient (Wildman–Crippen LogP) is 11.0. The fraction of sp³-hybridized carbons (Fsp3) is 0.211. The van der Waals surface area contributed by atoms with Crippen LogP contribution in [0.25, 0.3) is 33.4 Å². The van der Waals surface area contributed by atoms with Gasteiger partial charge >= 0.3 is 0 Å². The Kier molecular flexibility index (Phi) is 7.19. The van der Waals surface area contributed by atoms with Crippen LogP contribution in [-0.4, -0.2) is 0 Å². The first-order chi connectivity index (χ1) is 18.6. The second-order valence-corrected chi connectivity index (χ2v) is 12.5. The zero-order valence-corrected chi connectivity index (χ0v) is 24.0. The zero-order valence-electron chi connectivity index (χ0n) is 24.0. The van der Waals surface area contributed by atoms with Crippen LogP contribution in [0.3, 0.4) is 0 Å². The van der Waals surface area contributed by atoms with Gasteiger partial charge in [0.25, 0.3) is 0 Å². The smallest absolute Gasteiger partial charge is 0.0396 e. The third kappa shape index (κ3) is 6.15. The predicted molar refractivity (Wildman–Crippen MR) is 170 cm³/mol. The highest BCUT2D eigenvalue weighted by Gasteiger charge is 2.19. The molecular weight excluding hydrogens is 470 g/mol. The highest BCUT2D eigenvalue weighted by molar-refractivity contribution is 5.81. The van der Waals surface area contributed by atoms with Crippen molar-refractivity contribution in [2.75, 3.05) is 5.32 Å². The summed E-state index contributed by atoms with van der Waals surface area (Å²) in [4.78, 5) is 0. The average Bonchev–Trinajstić information content (AvgIpc) is 2.93.